The summed E-state index contributed by atoms with van der Waals surface area (Å²) in [7, 11) is -1.47. The van der Waals surface area contributed by atoms with Crippen molar-refractivity contribution in [1.82, 2.24) is 14.5 Å². The van der Waals surface area contributed by atoms with E-state index in [1.807, 2.05) is 18.2 Å². The van der Waals surface area contributed by atoms with Crippen LogP contribution in [0.25, 0.3) is 0 Å². The molecule has 1 aliphatic rings. The Balaban J connectivity index is 1.95. The molecule has 1 aliphatic heterocycles. The number of carbonyl (C=O) groups excluding carboxylic acids is 1. The largest absolute Gasteiger partial charge is 0.355 e. The first-order chi connectivity index (χ1) is 10.5. The average molecular weight is 325 g/mol. The van der Waals surface area contributed by atoms with Crippen LogP contribution in [0.1, 0.15) is 22.8 Å². The molecule has 0 radical (unpaired) electrons. The standard InChI is InChI=1S/C15H23N3O3S/c1-3-22(20,21)18-9-7-17(8-10-18)12-13-5-4-6-14(11-13)15(19)16-2/h4-6,11H,3,7-10,12H2,1-2H3,(H,16,19). The Kier molecular flexibility index (Phi) is 5.55. The molecule has 1 heterocycles. The first-order valence-electron chi connectivity index (χ1n) is 7.47. The van der Waals surface area contributed by atoms with Crippen molar-refractivity contribution < 1.29 is 13.2 Å². The molecule has 2 rings (SSSR count). The number of carbonyl (C=O) groups is 1. The van der Waals surface area contributed by atoms with Crippen LogP contribution >= 0.6 is 0 Å². The van der Waals surface area contributed by atoms with Gasteiger partial charge < -0.3 is 5.32 Å². The fourth-order valence-electron chi connectivity index (χ4n) is 2.56. The third-order valence-electron chi connectivity index (χ3n) is 3.91. The highest BCUT2D eigenvalue weighted by atomic mass is 32.2. The second kappa shape index (κ2) is 7.21. The van der Waals surface area contributed by atoms with Crippen LogP contribution in [-0.2, 0) is 16.6 Å². The van der Waals surface area contributed by atoms with Crippen molar-refractivity contribution in [2.24, 2.45) is 0 Å². The van der Waals surface area contributed by atoms with Gasteiger partial charge >= 0.3 is 0 Å². The molecule has 1 aromatic carbocycles. The Labute approximate surface area is 132 Å². The number of amides is 1. The fourth-order valence-corrected chi connectivity index (χ4v) is 3.65. The second-order valence-electron chi connectivity index (χ2n) is 5.36. The van der Waals surface area contributed by atoms with Crippen molar-refractivity contribution in [3.8, 4) is 0 Å². The van der Waals surface area contributed by atoms with Gasteiger partial charge in [-0.1, -0.05) is 12.1 Å². The summed E-state index contributed by atoms with van der Waals surface area (Å²) >= 11 is 0. The van der Waals surface area contributed by atoms with E-state index < -0.39 is 10.0 Å². The Morgan fingerprint density at radius 2 is 1.91 bits per heavy atom. The molecule has 122 valence electrons. The van der Waals surface area contributed by atoms with Crippen LogP contribution < -0.4 is 5.32 Å². The first-order valence-corrected chi connectivity index (χ1v) is 9.08. The molecule has 1 fully saturated rings. The van der Waals surface area contributed by atoms with Gasteiger partial charge in [0, 0.05) is 45.3 Å². The third kappa shape index (κ3) is 4.06. The van der Waals surface area contributed by atoms with Crippen LogP contribution in [0, 0.1) is 0 Å². The predicted molar refractivity (Wildman–Crippen MR) is 86.1 cm³/mol. The highest BCUT2D eigenvalue weighted by Crippen LogP contribution is 2.13. The fraction of sp³-hybridized carbons (Fsp3) is 0.533. The van der Waals surface area contributed by atoms with E-state index >= 15 is 0 Å². The number of nitrogens with zero attached hydrogens (tertiary/aromatic N) is 2. The summed E-state index contributed by atoms with van der Waals surface area (Å²) in [6, 6.07) is 7.53. The van der Waals surface area contributed by atoms with Gasteiger partial charge in [0.15, 0.2) is 0 Å². The van der Waals surface area contributed by atoms with Gasteiger partial charge in [-0.3, -0.25) is 9.69 Å². The molecule has 1 amide bonds. The van der Waals surface area contributed by atoms with Crippen molar-refractivity contribution in [3.05, 3.63) is 35.4 Å². The molecule has 1 saturated heterocycles. The van der Waals surface area contributed by atoms with E-state index in [0.717, 1.165) is 12.1 Å². The summed E-state index contributed by atoms with van der Waals surface area (Å²) < 4.78 is 25.2. The van der Waals surface area contributed by atoms with E-state index in [4.69, 9.17) is 0 Å². The quantitative estimate of drug-likeness (QED) is 0.856. The summed E-state index contributed by atoms with van der Waals surface area (Å²) in [4.78, 5) is 13.9. The lowest BCUT2D eigenvalue weighted by atomic mass is 10.1. The smallest absolute Gasteiger partial charge is 0.251 e. The van der Waals surface area contributed by atoms with Crippen LogP contribution in [0.15, 0.2) is 24.3 Å². The molecule has 1 aromatic rings. The highest BCUT2D eigenvalue weighted by Gasteiger charge is 2.25. The molecule has 7 heteroatoms. The predicted octanol–water partition coefficient (Wildman–Crippen LogP) is 0.513. The normalized spacial score (nSPS) is 17.4. The molecule has 6 nitrogen and oxygen atoms in total. The van der Waals surface area contributed by atoms with Crippen molar-refractivity contribution in [3.63, 3.8) is 0 Å². The maximum atomic E-state index is 11.8. The van der Waals surface area contributed by atoms with Crippen LogP contribution in [0.4, 0.5) is 0 Å². The summed E-state index contributed by atoms with van der Waals surface area (Å²) in [5, 5.41) is 2.62. The number of hydrogen-bond acceptors (Lipinski definition) is 4. The van der Waals surface area contributed by atoms with E-state index in [-0.39, 0.29) is 11.7 Å². The zero-order valence-electron chi connectivity index (χ0n) is 13.1. The number of hydrogen-bond donors (Lipinski definition) is 1. The van der Waals surface area contributed by atoms with Gasteiger partial charge in [0.05, 0.1) is 5.75 Å². The molecule has 0 saturated carbocycles. The van der Waals surface area contributed by atoms with Crippen LogP contribution in [0.3, 0.4) is 0 Å². The third-order valence-corrected chi connectivity index (χ3v) is 5.79. The van der Waals surface area contributed by atoms with E-state index in [1.165, 1.54) is 0 Å². The van der Waals surface area contributed by atoms with Crippen LogP contribution in [0.5, 0.6) is 0 Å². The Hall–Kier alpha value is -1.44. The Morgan fingerprint density at radius 1 is 1.23 bits per heavy atom. The second-order valence-corrected chi connectivity index (χ2v) is 7.61. The zero-order valence-corrected chi connectivity index (χ0v) is 13.9. The number of sulfonamides is 1. The van der Waals surface area contributed by atoms with Crippen molar-refractivity contribution in [2.75, 3.05) is 39.0 Å². The van der Waals surface area contributed by atoms with Gasteiger partial charge in [-0.05, 0) is 24.6 Å². The van der Waals surface area contributed by atoms with Gasteiger partial charge in [0.25, 0.3) is 5.91 Å². The summed E-state index contributed by atoms with van der Waals surface area (Å²) in [5.74, 6) is 0.0574. The topological polar surface area (TPSA) is 69.7 Å². The summed E-state index contributed by atoms with van der Waals surface area (Å²) in [6.45, 7) is 4.89. The van der Waals surface area contributed by atoms with Crippen molar-refractivity contribution in [2.45, 2.75) is 13.5 Å². The van der Waals surface area contributed by atoms with E-state index in [1.54, 1.807) is 24.3 Å². The minimum atomic E-state index is -3.09. The van der Waals surface area contributed by atoms with Gasteiger partial charge in [-0.2, -0.15) is 4.31 Å². The first kappa shape index (κ1) is 16.9. The average Bonchev–Trinajstić information content (AvgIpc) is 2.55. The minimum Gasteiger partial charge on any atom is -0.355 e. The highest BCUT2D eigenvalue weighted by molar-refractivity contribution is 7.89. The summed E-state index contributed by atoms with van der Waals surface area (Å²) in [5.41, 5.74) is 1.71. The van der Waals surface area contributed by atoms with Gasteiger partial charge in [0.1, 0.15) is 0 Å². The molecule has 0 spiro atoms. The molecule has 0 aromatic heterocycles. The Morgan fingerprint density at radius 3 is 2.50 bits per heavy atom. The molecule has 0 bridgehead atoms. The van der Waals surface area contributed by atoms with Crippen LogP contribution in [0.2, 0.25) is 0 Å². The lowest BCUT2D eigenvalue weighted by Crippen LogP contribution is -2.48. The van der Waals surface area contributed by atoms with Crippen LogP contribution in [-0.4, -0.2) is 62.5 Å². The van der Waals surface area contributed by atoms with Crippen molar-refractivity contribution >= 4 is 15.9 Å². The van der Waals surface area contributed by atoms with Gasteiger partial charge in [-0.15, -0.1) is 0 Å². The number of benzene rings is 1. The minimum absolute atomic E-state index is 0.0966. The van der Waals surface area contributed by atoms with E-state index in [0.29, 0.717) is 31.7 Å². The monoisotopic (exact) mass is 325 g/mol. The lowest BCUT2D eigenvalue weighted by Gasteiger charge is -2.33. The van der Waals surface area contributed by atoms with E-state index in [2.05, 4.69) is 10.2 Å². The number of nitrogens with one attached hydrogen (secondary N) is 1. The molecule has 22 heavy (non-hydrogen) atoms. The SMILES string of the molecule is CCS(=O)(=O)N1CCN(Cc2cccc(C(=O)NC)c2)CC1. The van der Waals surface area contributed by atoms with Gasteiger partial charge in [0.2, 0.25) is 10.0 Å². The number of piperazine rings is 1. The molecular formula is C15H23N3O3S. The molecule has 0 atom stereocenters. The zero-order chi connectivity index (χ0) is 16.2. The molecule has 1 N–H and O–H groups in total. The molecule has 0 aliphatic carbocycles. The molecular weight excluding hydrogens is 302 g/mol. The van der Waals surface area contributed by atoms with Crippen molar-refractivity contribution in [1.29, 1.82) is 0 Å². The Bertz CT molecular complexity index is 623. The van der Waals surface area contributed by atoms with Gasteiger partial charge in [-0.25, -0.2) is 8.42 Å². The maximum absolute atomic E-state index is 11.8. The number of rotatable bonds is 5. The summed E-state index contributed by atoms with van der Waals surface area (Å²) in [6.07, 6.45) is 0. The van der Waals surface area contributed by atoms with E-state index in [9.17, 15) is 13.2 Å². The lowest BCUT2D eigenvalue weighted by molar-refractivity contribution is 0.0962. The maximum Gasteiger partial charge on any atom is 0.251 e. The molecule has 0 unspecified atom stereocenters.